The summed E-state index contributed by atoms with van der Waals surface area (Å²) in [4.78, 5) is 18.0. The average Bonchev–Trinajstić information content (AvgIpc) is 3.12. The van der Waals surface area contributed by atoms with E-state index in [0.29, 0.717) is 6.04 Å². The van der Waals surface area contributed by atoms with Gasteiger partial charge in [-0.15, -0.1) is 0 Å². The number of nitrogens with zero attached hydrogens (tertiary/aromatic N) is 2. The minimum atomic E-state index is 0.00692. The molecule has 0 saturated heterocycles. The van der Waals surface area contributed by atoms with Crippen LogP contribution in [0, 0.1) is 0 Å². The molecule has 1 amide bonds. The van der Waals surface area contributed by atoms with Crippen molar-refractivity contribution in [1.82, 2.24) is 15.5 Å². The lowest BCUT2D eigenvalue weighted by Crippen LogP contribution is -2.44. The van der Waals surface area contributed by atoms with Crippen molar-refractivity contribution in [2.45, 2.75) is 58.0 Å². The maximum Gasteiger partial charge on any atom is 0.243 e. The van der Waals surface area contributed by atoms with Crippen LogP contribution >= 0.6 is 0 Å². The van der Waals surface area contributed by atoms with Gasteiger partial charge in [0, 0.05) is 20.1 Å². The van der Waals surface area contributed by atoms with Crippen LogP contribution in [0.15, 0.2) is 29.3 Å². The largest absolute Gasteiger partial charge is 0.354 e. The maximum atomic E-state index is 11.9. The Hall–Kier alpha value is -2.04. The summed E-state index contributed by atoms with van der Waals surface area (Å²) in [6.07, 6.45) is 5.90. The van der Waals surface area contributed by atoms with Crippen LogP contribution in [0.25, 0.3) is 0 Å². The van der Waals surface area contributed by atoms with Gasteiger partial charge in [-0.05, 0) is 37.3 Å². The lowest BCUT2D eigenvalue weighted by atomic mass is 10.1. The van der Waals surface area contributed by atoms with Gasteiger partial charge in [-0.25, -0.2) is 4.99 Å². The fourth-order valence-electron chi connectivity index (χ4n) is 3.01. The summed E-state index contributed by atoms with van der Waals surface area (Å²) in [6.45, 7) is 4.45. The van der Waals surface area contributed by atoms with Gasteiger partial charge in [-0.3, -0.25) is 4.79 Å². The summed E-state index contributed by atoms with van der Waals surface area (Å²) in [6, 6.07) is 9.25. The number of nitrogens with one attached hydrogen (secondary N) is 2. The third-order valence-corrected chi connectivity index (χ3v) is 4.81. The molecule has 0 radical (unpaired) electrons. The molecule has 0 aliphatic heterocycles. The summed E-state index contributed by atoms with van der Waals surface area (Å²) >= 11 is 0. The Morgan fingerprint density at radius 2 is 1.88 bits per heavy atom. The zero-order chi connectivity index (χ0) is 18.2. The molecule has 0 spiro atoms. The summed E-state index contributed by atoms with van der Waals surface area (Å²) in [7, 11) is 3.51. The lowest BCUT2D eigenvalue weighted by molar-refractivity contribution is -0.127. The molecule has 1 saturated carbocycles. The first kappa shape index (κ1) is 19.3. The highest BCUT2D eigenvalue weighted by Gasteiger charge is 2.18. The summed E-state index contributed by atoms with van der Waals surface area (Å²) in [5.74, 6) is 0.738. The van der Waals surface area contributed by atoms with Crippen LogP contribution in [0.3, 0.4) is 0 Å². The molecule has 1 atom stereocenters. The molecule has 0 bridgehead atoms. The van der Waals surface area contributed by atoms with Crippen molar-refractivity contribution < 1.29 is 4.79 Å². The fraction of sp³-hybridized carbons (Fsp3) is 0.600. The summed E-state index contributed by atoms with van der Waals surface area (Å²) < 4.78 is 0. The van der Waals surface area contributed by atoms with Crippen molar-refractivity contribution in [3.63, 3.8) is 0 Å². The molecule has 5 heteroatoms. The number of guanidine groups is 1. The Morgan fingerprint density at radius 1 is 1.24 bits per heavy atom. The van der Waals surface area contributed by atoms with Crippen LogP contribution in [-0.4, -0.2) is 43.4 Å². The molecule has 2 N–H and O–H groups in total. The molecule has 2 rings (SSSR count). The first-order chi connectivity index (χ1) is 12.0. The predicted molar refractivity (Wildman–Crippen MR) is 104 cm³/mol. The fourth-order valence-corrected chi connectivity index (χ4v) is 3.01. The highest BCUT2D eigenvalue weighted by molar-refractivity contribution is 5.85. The number of carbonyl (C=O) groups is 1. The molecular formula is C20H32N4O. The molecule has 1 aromatic carbocycles. The third-order valence-electron chi connectivity index (χ3n) is 4.81. The highest BCUT2D eigenvalue weighted by Crippen LogP contribution is 2.18. The second-order valence-electron chi connectivity index (χ2n) is 7.04. The van der Waals surface area contributed by atoms with Gasteiger partial charge in [0.05, 0.1) is 6.04 Å². The van der Waals surface area contributed by atoms with Crippen LogP contribution in [0.2, 0.25) is 0 Å². The van der Waals surface area contributed by atoms with Crippen LogP contribution in [-0.2, 0) is 11.2 Å². The second-order valence-corrected chi connectivity index (χ2v) is 7.04. The van der Waals surface area contributed by atoms with Gasteiger partial charge in [-0.1, -0.05) is 44.0 Å². The molecule has 25 heavy (non-hydrogen) atoms. The van der Waals surface area contributed by atoms with Gasteiger partial charge in [0.1, 0.15) is 6.54 Å². The zero-order valence-corrected chi connectivity index (χ0v) is 16.0. The standard InChI is InChI=1S/C20H32N4O/c1-5-16-10-12-17(13-11-16)15(2)22-20(21-14-19(25)24(3)4)23-18-8-6-7-9-18/h10-13,15,18H,5-9,14H2,1-4H3,(H2,21,22,23). The molecule has 1 aliphatic rings. The molecular weight excluding hydrogens is 312 g/mol. The molecule has 1 fully saturated rings. The van der Waals surface area contributed by atoms with Gasteiger partial charge in [0.2, 0.25) is 5.91 Å². The van der Waals surface area contributed by atoms with Crippen molar-refractivity contribution in [1.29, 1.82) is 0 Å². The number of rotatable bonds is 6. The molecule has 138 valence electrons. The van der Waals surface area contributed by atoms with Crippen LogP contribution in [0.5, 0.6) is 0 Å². The van der Waals surface area contributed by atoms with Crippen LogP contribution in [0.4, 0.5) is 0 Å². The Labute approximate surface area is 151 Å². The van der Waals surface area contributed by atoms with Gasteiger partial charge in [0.15, 0.2) is 5.96 Å². The lowest BCUT2D eigenvalue weighted by Gasteiger charge is -2.22. The summed E-state index contributed by atoms with van der Waals surface area (Å²) in [5.41, 5.74) is 2.56. The van der Waals surface area contributed by atoms with Crippen molar-refractivity contribution >= 4 is 11.9 Å². The van der Waals surface area contributed by atoms with Gasteiger partial charge in [-0.2, -0.15) is 0 Å². The van der Waals surface area contributed by atoms with Crippen LogP contribution < -0.4 is 10.6 Å². The number of aryl methyl sites for hydroxylation is 1. The predicted octanol–water partition coefficient (Wildman–Crippen LogP) is 2.88. The first-order valence-electron chi connectivity index (χ1n) is 9.36. The molecule has 1 aliphatic carbocycles. The average molecular weight is 345 g/mol. The number of amides is 1. The summed E-state index contributed by atoms with van der Waals surface area (Å²) in [5, 5.41) is 6.96. The van der Waals surface area contributed by atoms with E-state index in [9.17, 15) is 4.79 Å². The Morgan fingerprint density at radius 3 is 2.44 bits per heavy atom. The SMILES string of the molecule is CCc1ccc(C(C)NC(=NCC(=O)N(C)C)NC2CCCC2)cc1. The van der Waals surface area contributed by atoms with E-state index in [1.54, 1.807) is 19.0 Å². The molecule has 0 heterocycles. The molecule has 0 aromatic heterocycles. The topological polar surface area (TPSA) is 56.7 Å². The quantitative estimate of drug-likeness (QED) is 0.616. The van der Waals surface area contributed by atoms with Crippen molar-refractivity contribution in [3.8, 4) is 0 Å². The highest BCUT2D eigenvalue weighted by atomic mass is 16.2. The molecule has 5 nitrogen and oxygen atoms in total. The number of carbonyl (C=O) groups excluding carboxylic acids is 1. The smallest absolute Gasteiger partial charge is 0.243 e. The van der Waals surface area contributed by atoms with E-state index in [-0.39, 0.29) is 18.5 Å². The molecule has 1 unspecified atom stereocenters. The van der Waals surface area contributed by atoms with E-state index in [4.69, 9.17) is 0 Å². The minimum absolute atomic E-state index is 0.00692. The van der Waals surface area contributed by atoms with Gasteiger partial charge < -0.3 is 15.5 Å². The number of benzene rings is 1. The van der Waals surface area contributed by atoms with Crippen molar-refractivity contribution in [3.05, 3.63) is 35.4 Å². The van der Waals surface area contributed by atoms with E-state index in [1.807, 2.05) is 0 Å². The third kappa shape index (κ3) is 6.07. The Bertz CT molecular complexity index is 574. The van der Waals surface area contributed by atoms with E-state index in [1.165, 1.54) is 36.8 Å². The maximum absolute atomic E-state index is 11.9. The van der Waals surface area contributed by atoms with E-state index in [2.05, 4.69) is 53.7 Å². The number of aliphatic imine (C=N–C) groups is 1. The van der Waals surface area contributed by atoms with E-state index >= 15 is 0 Å². The monoisotopic (exact) mass is 344 g/mol. The number of hydrogen-bond acceptors (Lipinski definition) is 2. The minimum Gasteiger partial charge on any atom is -0.354 e. The van der Waals surface area contributed by atoms with Crippen molar-refractivity contribution in [2.24, 2.45) is 4.99 Å². The van der Waals surface area contributed by atoms with Crippen molar-refractivity contribution in [2.75, 3.05) is 20.6 Å². The van der Waals surface area contributed by atoms with Crippen LogP contribution in [0.1, 0.15) is 56.7 Å². The Balaban J connectivity index is 2.04. The van der Waals surface area contributed by atoms with E-state index < -0.39 is 0 Å². The van der Waals surface area contributed by atoms with E-state index in [0.717, 1.165) is 12.4 Å². The zero-order valence-electron chi connectivity index (χ0n) is 16.0. The second kappa shape index (κ2) is 9.44. The van der Waals surface area contributed by atoms with Gasteiger partial charge in [0.25, 0.3) is 0 Å². The Kier molecular flexibility index (Phi) is 7.29. The first-order valence-corrected chi connectivity index (χ1v) is 9.36. The molecule has 1 aromatic rings. The number of hydrogen-bond donors (Lipinski definition) is 2. The normalized spacial score (nSPS) is 16.6. The van der Waals surface area contributed by atoms with Gasteiger partial charge >= 0.3 is 0 Å². The number of likely N-dealkylation sites (N-methyl/N-ethyl adjacent to an activating group) is 1.